The zero-order chi connectivity index (χ0) is 18.9. The average molecular weight is 358 g/mol. The molecule has 0 saturated carbocycles. The van der Waals surface area contributed by atoms with Gasteiger partial charge in [-0.3, -0.25) is 14.7 Å². The van der Waals surface area contributed by atoms with Gasteiger partial charge >= 0.3 is 5.97 Å². The number of rotatable bonds is 5. The molecule has 0 radical (unpaired) electrons. The highest BCUT2D eigenvalue weighted by Crippen LogP contribution is 2.45. The first-order valence-corrected chi connectivity index (χ1v) is 8.32. The van der Waals surface area contributed by atoms with Crippen LogP contribution in [0.5, 0.6) is 5.75 Å². The first-order chi connectivity index (χ1) is 12.4. The molecule has 0 spiro atoms. The van der Waals surface area contributed by atoms with Gasteiger partial charge in [0, 0.05) is 23.6 Å². The van der Waals surface area contributed by atoms with E-state index in [0.717, 1.165) is 0 Å². The molecule has 7 nitrogen and oxygen atoms in total. The summed E-state index contributed by atoms with van der Waals surface area (Å²) in [5.41, 5.74) is -0.00332. The number of H-pyrrole nitrogens is 2. The maximum atomic E-state index is 12.8. The normalized spacial score (nSPS) is 24.6. The lowest BCUT2D eigenvalue weighted by Crippen LogP contribution is -2.50. The summed E-state index contributed by atoms with van der Waals surface area (Å²) in [6.45, 7) is 5.15. The molecule has 0 aliphatic heterocycles. The van der Waals surface area contributed by atoms with Crippen LogP contribution in [0.1, 0.15) is 29.7 Å². The van der Waals surface area contributed by atoms with Crippen LogP contribution >= 0.6 is 0 Å². The Morgan fingerprint density at radius 3 is 2.92 bits per heavy atom. The molecule has 3 rings (SSSR count). The maximum absolute atomic E-state index is 12.8. The Morgan fingerprint density at radius 2 is 2.23 bits per heavy atom. The molecular formula is C19H22N2O5. The van der Waals surface area contributed by atoms with Crippen molar-refractivity contribution in [1.29, 1.82) is 0 Å². The van der Waals surface area contributed by atoms with Crippen LogP contribution in [-0.2, 0) is 16.0 Å². The van der Waals surface area contributed by atoms with Gasteiger partial charge in [-0.25, -0.2) is 0 Å². The molecule has 3 atom stereocenters. The van der Waals surface area contributed by atoms with E-state index < -0.39 is 23.4 Å². The molecule has 1 aromatic heterocycles. The molecule has 1 aliphatic rings. The summed E-state index contributed by atoms with van der Waals surface area (Å²) < 4.78 is 10.5. The smallest absolute Gasteiger partial charge is 0.313 e. The third-order valence-electron chi connectivity index (χ3n) is 4.80. The Hall–Kier alpha value is -2.80. The Bertz CT molecular complexity index is 880. The average Bonchev–Trinajstić information content (AvgIpc) is 2.97. The molecular weight excluding hydrogens is 336 g/mol. The van der Waals surface area contributed by atoms with Crippen molar-refractivity contribution in [2.24, 2.45) is 5.92 Å². The second-order valence-electron chi connectivity index (χ2n) is 6.66. The lowest BCUT2D eigenvalue weighted by molar-refractivity contribution is -0.158. The molecule has 0 fully saturated rings. The van der Waals surface area contributed by atoms with Gasteiger partial charge in [0.2, 0.25) is 0 Å². The van der Waals surface area contributed by atoms with Gasteiger partial charge in [0.25, 0.3) is 5.56 Å². The minimum atomic E-state index is -1.40. The molecule has 1 aromatic carbocycles. The fraction of sp³-hybridized carbons (Fsp3) is 0.368. The van der Waals surface area contributed by atoms with Crippen LogP contribution in [0.3, 0.4) is 0 Å². The van der Waals surface area contributed by atoms with Crippen molar-refractivity contribution in [3.63, 3.8) is 0 Å². The number of aromatic nitrogens is 2. The van der Waals surface area contributed by atoms with Crippen LogP contribution in [0.25, 0.3) is 0 Å². The number of fused-ring (bicyclic) bond motifs is 1. The third kappa shape index (κ3) is 3.06. The van der Waals surface area contributed by atoms with E-state index in [1.807, 2.05) is 0 Å². The molecule has 1 aliphatic carbocycles. The number of hydrogen-bond donors (Lipinski definition) is 3. The highest BCUT2D eigenvalue weighted by molar-refractivity contribution is 5.77. The summed E-state index contributed by atoms with van der Waals surface area (Å²) >= 11 is 0. The highest BCUT2D eigenvalue weighted by Gasteiger charge is 2.51. The van der Waals surface area contributed by atoms with E-state index in [1.54, 1.807) is 38.3 Å². The predicted octanol–water partition coefficient (Wildman–Crippen LogP) is 1.50. The lowest BCUT2D eigenvalue weighted by Gasteiger charge is -2.40. The van der Waals surface area contributed by atoms with Crippen LogP contribution in [0.2, 0.25) is 0 Å². The number of hydrogen-bond acceptors (Lipinski definition) is 5. The minimum absolute atomic E-state index is 0.0343. The van der Waals surface area contributed by atoms with Gasteiger partial charge in [0.1, 0.15) is 12.4 Å². The van der Waals surface area contributed by atoms with Gasteiger partial charge in [0.05, 0.1) is 18.6 Å². The number of aliphatic hydroxyl groups is 1. The van der Waals surface area contributed by atoms with Crippen molar-refractivity contribution in [1.82, 2.24) is 10.2 Å². The van der Waals surface area contributed by atoms with Crippen molar-refractivity contribution in [3.05, 3.63) is 64.1 Å². The topological polar surface area (TPSA) is 104 Å². The summed E-state index contributed by atoms with van der Waals surface area (Å²) in [5.74, 6) is -1.59. The number of aromatic amines is 2. The number of methoxy groups -OCH3 is 1. The summed E-state index contributed by atoms with van der Waals surface area (Å²) in [6, 6.07) is 7.12. The summed E-state index contributed by atoms with van der Waals surface area (Å²) in [6.07, 6.45) is 1.60. The van der Waals surface area contributed by atoms with Gasteiger partial charge in [-0.15, -0.1) is 0 Å². The van der Waals surface area contributed by atoms with E-state index >= 15 is 0 Å². The van der Waals surface area contributed by atoms with E-state index in [1.165, 1.54) is 6.08 Å². The standard InChI is InChI=1S/C19H22N2O5/c1-4-8-26-18(23)16-14(11-6-5-7-12(9-11)25-3)15-13(10-19(16,2)24)20-21-17(15)22/h4-7,9,14,16,24H,1,8,10H2,2-3H3,(H2,20,21,22)/t14-,16-,19+/m0/s1. The maximum Gasteiger partial charge on any atom is 0.313 e. The zero-order valence-corrected chi connectivity index (χ0v) is 14.7. The van der Waals surface area contributed by atoms with Gasteiger partial charge in [-0.2, -0.15) is 0 Å². The molecule has 2 aromatic rings. The number of nitrogens with one attached hydrogen (secondary N) is 2. The molecule has 3 N–H and O–H groups in total. The van der Waals surface area contributed by atoms with E-state index in [0.29, 0.717) is 22.6 Å². The Morgan fingerprint density at radius 1 is 1.46 bits per heavy atom. The third-order valence-corrected chi connectivity index (χ3v) is 4.80. The molecule has 0 amide bonds. The van der Waals surface area contributed by atoms with E-state index in [-0.39, 0.29) is 18.6 Å². The lowest BCUT2D eigenvalue weighted by atomic mass is 9.66. The van der Waals surface area contributed by atoms with Crippen molar-refractivity contribution in [3.8, 4) is 5.75 Å². The SMILES string of the molecule is C=CCOC(=O)[C@@H]1[C@@H](c2cccc(OC)c2)c2c([nH][nH]c2=O)C[C@@]1(C)O. The van der Waals surface area contributed by atoms with E-state index in [9.17, 15) is 14.7 Å². The first-order valence-electron chi connectivity index (χ1n) is 8.32. The van der Waals surface area contributed by atoms with Crippen molar-refractivity contribution >= 4 is 5.97 Å². The molecule has 0 unspecified atom stereocenters. The van der Waals surface area contributed by atoms with Crippen molar-refractivity contribution in [2.45, 2.75) is 24.9 Å². The fourth-order valence-electron chi connectivity index (χ4n) is 3.68. The predicted molar refractivity (Wildman–Crippen MR) is 95.2 cm³/mol. The highest BCUT2D eigenvalue weighted by atomic mass is 16.5. The number of ether oxygens (including phenoxy) is 2. The molecule has 0 saturated heterocycles. The van der Waals surface area contributed by atoms with Crippen LogP contribution in [-0.4, -0.2) is 40.6 Å². The quantitative estimate of drug-likeness (QED) is 0.555. The zero-order valence-electron chi connectivity index (χ0n) is 14.7. The van der Waals surface area contributed by atoms with Crippen molar-refractivity contribution < 1.29 is 19.4 Å². The largest absolute Gasteiger partial charge is 0.497 e. The molecule has 138 valence electrons. The van der Waals surface area contributed by atoms with Crippen LogP contribution < -0.4 is 10.3 Å². The summed E-state index contributed by atoms with van der Waals surface area (Å²) in [5, 5.41) is 16.4. The first kappa shape index (κ1) is 18.0. The minimum Gasteiger partial charge on any atom is -0.497 e. The summed E-state index contributed by atoms with van der Waals surface area (Å²) in [4.78, 5) is 25.2. The number of esters is 1. The van der Waals surface area contributed by atoms with Gasteiger partial charge in [-0.1, -0.05) is 24.8 Å². The van der Waals surface area contributed by atoms with E-state index in [2.05, 4.69) is 16.8 Å². The summed E-state index contributed by atoms with van der Waals surface area (Å²) in [7, 11) is 1.54. The number of benzene rings is 1. The number of carbonyl (C=O) groups is 1. The Balaban J connectivity index is 2.18. The second kappa shape index (κ2) is 6.84. The van der Waals surface area contributed by atoms with E-state index in [4.69, 9.17) is 9.47 Å². The molecule has 1 heterocycles. The molecule has 0 bridgehead atoms. The Labute approximate surface area is 150 Å². The molecule has 26 heavy (non-hydrogen) atoms. The van der Waals surface area contributed by atoms with Gasteiger partial charge in [0.15, 0.2) is 0 Å². The van der Waals surface area contributed by atoms with Crippen LogP contribution in [0, 0.1) is 5.92 Å². The van der Waals surface area contributed by atoms with Crippen LogP contribution in [0.15, 0.2) is 41.7 Å². The van der Waals surface area contributed by atoms with Gasteiger partial charge < -0.3 is 19.7 Å². The second-order valence-corrected chi connectivity index (χ2v) is 6.66. The molecule has 7 heteroatoms. The number of carbonyl (C=O) groups excluding carboxylic acids is 1. The monoisotopic (exact) mass is 358 g/mol. The van der Waals surface area contributed by atoms with Crippen molar-refractivity contribution in [2.75, 3.05) is 13.7 Å². The Kier molecular flexibility index (Phi) is 4.73. The van der Waals surface area contributed by atoms with Crippen LogP contribution in [0.4, 0.5) is 0 Å². The van der Waals surface area contributed by atoms with Gasteiger partial charge in [-0.05, 0) is 24.6 Å². The fourth-order valence-corrected chi connectivity index (χ4v) is 3.68.